The minimum atomic E-state index is -0.542. The quantitative estimate of drug-likeness (QED) is 0.813. The third kappa shape index (κ3) is 6.27. The van der Waals surface area contributed by atoms with Gasteiger partial charge in [-0.05, 0) is 44.2 Å². The summed E-state index contributed by atoms with van der Waals surface area (Å²) in [5.41, 5.74) is -0.144. The lowest BCUT2D eigenvalue weighted by atomic mass is 9.81. The van der Waals surface area contributed by atoms with E-state index >= 15 is 0 Å². The van der Waals surface area contributed by atoms with Crippen molar-refractivity contribution in [2.45, 2.75) is 66.0 Å². The van der Waals surface area contributed by atoms with Gasteiger partial charge in [-0.2, -0.15) is 0 Å². The first kappa shape index (κ1) is 18.8. The Morgan fingerprint density at radius 2 is 1.82 bits per heavy atom. The first-order valence-corrected chi connectivity index (χ1v) is 8.15. The third-order valence-corrected chi connectivity index (χ3v) is 3.52. The van der Waals surface area contributed by atoms with Crippen molar-refractivity contribution in [3.8, 4) is 5.75 Å². The molecule has 1 N–H and O–H groups in total. The monoisotopic (exact) mass is 325 g/mol. The molecule has 0 bridgehead atoms. The second kappa shape index (κ2) is 7.36. The highest BCUT2D eigenvalue weighted by Crippen LogP contribution is 2.28. The number of ether oxygens (including phenoxy) is 1. The topological polar surface area (TPSA) is 38.3 Å². The molecule has 1 atom stereocenters. The van der Waals surface area contributed by atoms with Gasteiger partial charge in [0.05, 0.1) is 5.02 Å². The van der Waals surface area contributed by atoms with Crippen LogP contribution in [0.4, 0.5) is 0 Å². The molecule has 0 aliphatic heterocycles. The maximum Gasteiger partial charge on any atom is 0.261 e. The molecular formula is C18H28ClNO2. The van der Waals surface area contributed by atoms with E-state index in [1.807, 2.05) is 32.9 Å². The summed E-state index contributed by atoms with van der Waals surface area (Å²) < 4.78 is 5.79. The fraction of sp³-hybridized carbons (Fsp3) is 0.611. The lowest BCUT2D eigenvalue weighted by Crippen LogP contribution is -2.50. The van der Waals surface area contributed by atoms with Crippen LogP contribution in [0.3, 0.4) is 0 Å². The molecule has 1 rings (SSSR count). The van der Waals surface area contributed by atoms with E-state index in [0.717, 1.165) is 6.42 Å². The first-order chi connectivity index (χ1) is 10.0. The fourth-order valence-corrected chi connectivity index (χ4v) is 2.98. The summed E-state index contributed by atoms with van der Waals surface area (Å²) in [6.07, 6.45) is 0.927. The lowest BCUT2D eigenvalue weighted by Gasteiger charge is -2.34. The Hall–Kier alpha value is -1.22. The fourth-order valence-electron chi connectivity index (χ4n) is 2.80. The van der Waals surface area contributed by atoms with Crippen molar-refractivity contribution >= 4 is 17.5 Å². The van der Waals surface area contributed by atoms with Gasteiger partial charge in [0.15, 0.2) is 6.10 Å². The summed E-state index contributed by atoms with van der Waals surface area (Å²) in [6.45, 7) is 12.5. The van der Waals surface area contributed by atoms with Crippen LogP contribution in [0.5, 0.6) is 5.75 Å². The van der Waals surface area contributed by atoms with Gasteiger partial charge in [-0.25, -0.2) is 0 Å². The van der Waals surface area contributed by atoms with E-state index in [2.05, 4.69) is 26.1 Å². The molecule has 0 unspecified atom stereocenters. The van der Waals surface area contributed by atoms with Gasteiger partial charge in [0.1, 0.15) is 5.75 Å². The van der Waals surface area contributed by atoms with E-state index in [9.17, 15) is 4.79 Å². The Morgan fingerprint density at radius 3 is 2.32 bits per heavy atom. The number of benzene rings is 1. The van der Waals surface area contributed by atoms with Crippen LogP contribution in [-0.2, 0) is 4.79 Å². The van der Waals surface area contributed by atoms with Crippen LogP contribution in [-0.4, -0.2) is 17.6 Å². The Kier molecular flexibility index (Phi) is 6.30. The number of carbonyl (C=O) groups is 1. The number of halogens is 1. The van der Waals surface area contributed by atoms with Crippen LogP contribution in [0.1, 0.15) is 54.4 Å². The summed E-state index contributed by atoms with van der Waals surface area (Å²) in [5, 5.41) is 3.61. The van der Waals surface area contributed by atoms with E-state index in [1.54, 1.807) is 12.1 Å². The number of carbonyl (C=O) groups excluding carboxylic acids is 1. The third-order valence-electron chi connectivity index (χ3n) is 3.20. The van der Waals surface area contributed by atoms with Crippen LogP contribution in [0.15, 0.2) is 24.3 Å². The number of para-hydroxylation sites is 1. The van der Waals surface area contributed by atoms with Crippen LogP contribution >= 0.6 is 11.6 Å². The molecule has 0 saturated carbocycles. The zero-order chi connectivity index (χ0) is 17.0. The largest absolute Gasteiger partial charge is 0.479 e. The maximum absolute atomic E-state index is 12.5. The highest BCUT2D eigenvalue weighted by molar-refractivity contribution is 6.32. The Labute approximate surface area is 139 Å². The molecule has 124 valence electrons. The van der Waals surface area contributed by atoms with Gasteiger partial charge < -0.3 is 10.1 Å². The molecule has 3 nitrogen and oxygen atoms in total. The lowest BCUT2D eigenvalue weighted by molar-refractivity contribution is -0.130. The zero-order valence-electron chi connectivity index (χ0n) is 14.5. The molecule has 4 heteroatoms. The molecule has 0 spiro atoms. The zero-order valence-corrected chi connectivity index (χ0v) is 15.3. The van der Waals surface area contributed by atoms with Gasteiger partial charge in [0.2, 0.25) is 0 Å². The highest BCUT2D eigenvalue weighted by atomic mass is 35.5. The minimum absolute atomic E-state index is 0.100. The highest BCUT2D eigenvalue weighted by Gasteiger charge is 2.30. The molecule has 22 heavy (non-hydrogen) atoms. The van der Waals surface area contributed by atoms with Gasteiger partial charge in [-0.3, -0.25) is 4.79 Å². The van der Waals surface area contributed by atoms with E-state index < -0.39 is 6.10 Å². The van der Waals surface area contributed by atoms with Gasteiger partial charge in [0, 0.05) is 5.54 Å². The molecule has 0 aromatic heterocycles. The Bertz CT molecular complexity index is 506. The molecule has 0 aliphatic rings. The number of hydrogen-bond acceptors (Lipinski definition) is 2. The standard InChI is InChI=1S/C18H28ClNO2/c1-7-14(22-15-11-9-8-10-13(15)19)16(21)20-18(5,6)12-17(2,3)4/h8-11,14H,7,12H2,1-6H3,(H,20,21)/t14-/m0/s1. The number of nitrogens with one attached hydrogen (secondary N) is 1. The van der Waals surface area contributed by atoms with Gasteiger partial charge in [-0.15, -0.1) is 0 Å². The van der Waals surface area contributed by atoms with Crippen molar-refractivity contribution in [1.29, 1.82) is 0 Å². The van der Waals surface area contributed by atoms with Crippen LogP contribution in [0.2, 0.25) is 5.02 Å². The van der Waals surface area contributed by atoms with Crippen molar-refractivity contribution < 1.29 is 9.53 Å². The Morgan fingerprint density at radius 1 is 1.23 bits per heavy atom. The summed E-state index contributed by atoms with van der Waals surface area (Å²) in [6, 6.07) is 7.21. The van der Waals surface area contributed by atoms with Crippen molar-refractivity contribution in [1.82, 2.24) is 5.32 Å². The van der Waals surface area contributed by atoms with Crippen molar-refractivity contribution in [2.24, 2.45) is 5.41 Å². The number of amides is 1. The number of hydrogen-bond donors (Lipinski definition) is 1. The molecule has 1 aromatic carbocycles. The van der Waals surface area contributed by atoms with Crippen LogP contribution < -0.4 is 10.1 Å². The van der Waals surface area contributed by atoms with E-state index in [-0.39, 0.29) is 16.9 Å². The molecule has 0 radical (unpaired) electrons. The van der Waals surface area contributed by atoms with Crippen LogP contribution in [0.25, 0.3) is 0 Å². The summed E-state index contributed by atoms with van der Waals surface area (Å²) >= 11 is 6.09. The van der Waals surface area contributed by atoms with Gasteiger partial charge in [0.25, 0.3) is 5.91 Å². The predicted molar refractivity (Wildman–Crippen MR) is 92.5 cm³/mol. The number of rotatable bonds is 6. The van der Waals surface area contributed by atoms with E-state index in [4.69, 9.17) is 16.3 Å². The molecular weight excluding hydrogens is 298 g/mol. The van der Waals surface area contributed by atoms with Crippen molar-refractivity contribution in [3.05, 3.63) is 29.3 Å². The summed E-state index contributed by atoms with van der Waals surface area (Å²) in [4.78, 5) is 12.5. The average molecular weight is 326 g/mol. The van der Waals surface area contributed by atoms with Crippen molar-refractivity contribution in [2.75, 3.05) is 0 Å². The molecule has 0 heterocycles. The van der Waals surface area contributed by atoms with Gasteiger partial charge >= 0.3 is 0 Å². The maximum atomic E-state index is 12.5. The second-order valence-corrected chi connectivity index (χ2v) is 7.96. The molecule has 0 saturated heterocycles. The molecule has 0 aliphatic carbocycles. The van der Waals surface area contributed by atoms with E-state index in [0.29, 0.717) is 17.2 Å². The molecule has 1 amide bonds. The Balaban J connectivity index is 2.75. The predicted octanol–water partition coefficient (Wildman–Crippen LogP) is 4.83. The molecule has 1 aromatic rings. The van der Waals surface area contributed by atoms with Gasteiger partial charge in [-0.1, -0.05) is 51.4 Å². The first-order valence-electron chi connectivity index (χ1n) is 7.77. The normalized spacial score (nSPS) is 13.6. The second-order valence-electron chi connectivity index (χ2n) is 7.56. The van der Waals surface area contributed by atoms with Crippen LogP contribution in [0, 0.1) is 5.41 Å². The summed E-state index contributed by atoms with van der Waals surface area (Å²) in [5.74, 6) is 0.441. The smallest absolute Gasteiger partial charge is 0.261 e. The SMILES string of the molecule is CC[C@H](Oc1ccccc1Cl)C(=O)NC(C)(C)CC(C)(C)C. The average Bonchev–Trinajstić information content (AvgIpc) is 2.33. The summed E-state index contributed by atoms with van der Waals surface area (Å²) in [7, 11) is 0. The molecule has 0 fully saturated rings. The van der Waals surface area contributed by atoms with Crippen molar-refractivity contribution in [3.63, 3.8) is 0 Å². The van der Waals surface area contributed by atoms with E-state index in [1.165, 1.54) is 0 Å². The minimum Gasteiger partial charge on any atom is -0.479 e.